The van der Waals surface area contributed by atoms with E-state index in [1.165, 1.54) is 11.3 Å². The number of nitrogens with one attached hydrogen (secondary N) is 1. The van der Waals surface area contributed by atoms with E-state index in [4.69, 9.17) is 0 Å². The molecule has 0 aliphatic rings. The van der Waals surface area contributed by atoms with Gasteiger partial charge in [0.05, 0.1) is 17.2 Å². The second kappa shape index (κ2) is 6.80. The van der Waals surface area contributed by atoms with Gasteiger partial charge in [0.1, 0.15) is 4.88 Å². The predicted octanol–water partition coefficient (Wildman–Crippen LogP) is 4.25. The molecule has 1 aromatic carbocycles. The maximum absolute atomic E-state index is 12.8. The molecule has 1 amide bonds. The lowest BCUT2D eigenvalue weighted by molar-refractivity contribution is 0.102. The summed E-state index contributed by atoms with van der Waals surface area (Å²) in [7, 11) is 0. The molecule has 0 bridgehead atoms. The van der Waals surface area contributed by atoms with Crippen LogP contribution >= 0.6 is 11.3 Å². The Morgan fingerprint density at radius 1 is 1.24 bits per heavy atom. The third-order valence-electron chi connectivity index (χ3n) is 3.80. The van der Waals surface area contributed by atoms with E-state index in [-0.39, 0.29) is 11.3 Å². The Morgan fingerprint density at radius 2 is 2.00 bits per heavy atom. The van der Waals surface area contributed by atoms with Crippen LogP contribution in [-0.2, 0) is 12.0 Å². The summed E-state index contributed by atoms with van der Waals surface area (Å²) in [6.07, 6.45) is 3.65. The molecular weight excluding hydrogens is 332 g/mol. The fraction of sp³-hybridized carbons (Fsp3) is 0.316. The molecular formula is C19H22N4OS. The number of amides is 1. The first-order valence-electron chi connectivity index (χ1n) is 8.19. The average molecular weight is 354 g/mol. The van der Waals surface area contributed by atoms with Gasteiger partial charge in [-0.3, -0.25) is 9.48 Å². The maximum Gasteiger partial charge on any atom is 0.267 e. The smallest absolute Gasteiger partial charge is 0.267 e. The van der Waals surface area contributed by atoms with Crippen molar-refractivity contribution in [2.24, 2.45) is 0 Å². The molecule has 1 N–H and O–H groups in total. The van der Waals surface area contributed by atoms with E-state index in [2.05, 4.69) is 36.2 Å². The zero-order valence-electron chi connectivity index (χ0n) is 14.9. The number of thiazole rings is 1. The number of aryl methyl sites for hydroxylation is 1. The fourth-order valence-electron chi connectivity index (χ4n) is 2.46. The van der Waals surface area contributed by atoms with Crippen molar-refractivity contribution < 1.29 is 4.79 Å². The lowest BCUT2D eigenvalue weighted by atomic mass is 9.98. The van der Waals surface area contributed by atoms with Crippen LogP contribution in [0.1, 0.15) is 46.7 Å². The summed E-state index contributed by atoms with van der Waals surface area (Å²) in [6, 6.07) is 9.68. The molecule has 0 radical (unpaired) electrons. The number of carbonyl (C=O) groups is 1. The first-order valence-corrected chi connectivity index (χ1v) is 9.01. The number of anilines is 1. The second-order valence-electron chi connectivity index (χ2n) is 7.00. The van der Waals surface area contributed by atoms with Crippen LogP contribution in [-0.4, -0.2) is 20.7 Å². The molecule has 25 heavy (non-hydrogen) atoms. The number of rotatable bonds is 4. The number of hydrogen-bond acceptors (Lipinski definition) is 4. The quantitative estimate of drug-likeness (QED) is 0.762. The zero-order valence-corrected chi connectivity index (χ0v) is 15.7. The molecule has 0 spiro atoms. The van der Waals surface area contributed by atoms with Crippen LogP contribution in [0, 0.1) is 6.92 Å². The Balaban J connectivity index is 1.83. The summed E-state index contributed by atoms with van der Waals surface area (Å²) in [5.74, 6) is -0.113. The average Bonchev–Trinajstić information content (AvgIpc) is 3.18. The van der Waals surface area contributed by atoms with Crippen LogP contribution in [0.3, 0.4) is 0 Å². The minimum absolute atomic E-state index is 0.0635. The summed E-state index contributed by atoms with van der Waals surface area (Å²) in [4.78, 5) is 18.0. The molecule has 2 aromatic heterocycles. The van der Waals surface area contributed by atoms with Gasteiger partial charge in [0.25, 0.3) is 5.91 Å². The summed E-state index contributed by atoms with van der Waals surface area (Å²) in [5, 5.41) is 8.24. The topological polar surface area (TPSA) is 59.8 Å². The van der Waals surface area contributed by atoms with Gasteiger partial charge < -0.3 is 5.32 Å². The van der Waals surface area contributed by atoms with Crippen LogP contribution in [0.5, 0.6) is 0 Å². The van der Waals surface area contributed by atoms with Gasteiger partial charge in [-0.25, -0.2) is 4.98 Å². The summed E-state index contributed by atoms with van der Waals surface area (Å²) >= 11 is 1.46. The van der Waals surface area contributed by atoms with Gasteiger partial charge in [-0.1, -0.05) is 39.0 Å². The molecule has 5 nitrogen and oxygen atoms in total. The third kappa shape index (κ3) is 3.96. The number of nitrogens with zero attached hydrogens (tertiary/aromatic N) is 3. The van der Waals surface area contributed by atoms with Crippen LogP contribution in [0.4, 0.5) is 5.69 Å². The van der Waals surface area contributed by atoms with Gasteiger partial charge in [0.2, 0.25) is 0 Å². The number of hydrogen-bond donors (Lipinski definition) is 1. The van der Waals surface area contributed by atoms with Gasteiger partial charge in [-0.05, 0) is 24.6 Å². The molecule has 0 unspecified atom stereocenters. The molecule has 6 heteroatoms. The van der Waals surface area contributed by atoms with E-state index >= 15 is 0 Å². The van der Waals surface area contributed by atoms with E-state index in [0.717, 1.165) is 22.0 Å². The molecule has 0 atom stereocenters. The highest BCUT2D eigenvalue weighted by Crippen LogP contribution is 2.30. The van der Waals surface area contributed by atoms with Crippen molar-refractivity contribution in [3.05, 3.63) is 63.9 Å². The molecule has 0 fully saturated rings. The van der Waals surface area contributed by atoms with Crippen molar-refractivity contribution in [3.8, 4) is 0 Å². The van der Waals surface area contributed by atoms with Crippen LogP contribution in [0.25, 0.3) is 0 Å². The van der Waals surface area contributed by atoms with Gasteiger partial charge in [0, 0.05) is 23.5 Å². The zero-order chi connectivity index (χ0) is 18.0. The minimum Gasteiger partial charge on any atom is -0.321 e. The monoisotopic (exact) mass is 354 g/mol. The van der Waals surface area contributed by atoms with Crippen LogP contribution < -0.4 is 5.32 Å². The Morgan fingerprint density at radius 3 is 2.64 bits per heavy atom. The van der Waals surface area contributed by atoms with Gasteiger partial charge >= 0.3 is 0 Å². The molecule has 3 rings (SSSR count). The summed E-state index contributed by atoms with van der Waals surface area (Å²) in [5.41, 5.74) is 2.52. The molecule has 2 heterocycles. The highest BCUT2D eigenvalue weighted by atomic mass is 32.1. The molecule has 130 valence electrons. The highest BCUT2D eigenvalue weighted by molar-refractivity contribution is 7.14. The number of benzene rings is 1. The van der Waals surface area contributed by atoms with Crippen molar-refractivity contribution >= 4 is 22.9 Å². The van der Waals surface area contributed by atoms with Crippen molar-refractivity contribution in [3.63, 3.8) is 0 Å². The first kappa shape index (κ1) is 17.4. The fourth-order valence-corrected chi connectivity index (χ4v) is 3.47. The van der Waals surface area contributed by atoms with E-state index < -0.39 is 0 Å². The highest BCUT2D eigenvalue weighted by Gasteiger charge is 2.23. The molecule has 0 saturated heterocycles. The molecule has 0 saturated carbocycles. The standard InChI is InChI=1S/C19H22N4OS/c1-13-16(25-18(21-13)19(2,3)4)17(24)22-15-9-6-5-8-14(15)12-23-11-7-10-20-23/h5-11H,12H2,1-4H3,(H,22,24). The van der Waals surface area contributed by atoms with Crippen LogP contribution in [0.2, 0.25) is 0 Å². The molecule has 0 aliphatic heterocycles. The first-order chi connectivity index (χ1) is 11.8. The maximum atomic E-state index is 12.8. The third-order valence-corrected chi connectivity index (χ3v) is 5.38. The molecule has 3 aromatic rings. The van der Waals surface area contributed by atoms with E-state index in [1.807, 2.05) is 48.1 Å². The van der Waals surface area contributed by atoms with Crippen LogP contribution in [0.15, 0.2) is 42.7 Å². The predicted molar refractivity (Wildman–Crippen MR) is 101 cm³/mol. The lowest BCUT2D eigenvalue weighted by Gasteiger charge is -2.13. The normalized spacial score (nSPS) is 11.5. The SMILES string of the molecule is Cc1nc(C(C)(C)C)sc1C(=O)Nc1ccccc1Cn1cccn1. The Hall–Kier alpha value is -2.47. The van der Waals surface area contributed by atoms with Crippen molar-refractivity contribution in [2.75, 3.05) is 5.32 Å². The van der Waals surface area contributed by atoms with Gasteiger partial charge in [0.15, 0.2) is 0 Å². The molecule has 0 aliphatic carbocycles. The van der Waals surface area contributed by atoms with E-state index in [0.29, 0.717) is 11.4 Å². The minimum atomic E-state index is -0.113. The van der Waals surface area contributed by atoms with Crippen molar-refractivity contribution in [2.45, 2.75) is 39.7 Å². The summed E-state index contributed by atoms with van der Waals surface area (Å²) < 4.78 is 1.83. The van der Waals surface area contributed by atoms with E-state index in [9.17, 15) is 4.79 Å². The van der Waals surface area contributed by atoms with Gasteiger partial charge in [-0.15, -0.1) is 11.3 Å². The van der Waals surface area contributed by atoms with Crippen molar-refractivity contribution in [1.29, 1.82) is 0 Å². The van der Waals surface area contributed by atoms with E-state index in [1.54, 1.807) is 6.20 Å². The second-order valence-corrected chi connectivity index (χ2v) is 8.00. The number of aromatic nitrogens is 3. The number of para-hydroxylation sites is 1. The Bertz CT molecular complexity index is 875. The lowest BCUT2D eigenvalue weighted by Crippen LogP contribution is -2.14. The summed E-state index contributed by atoms with van der Waals surface area (Å²) in [6.45, 7) is 8.81. The largest absolute Gasteiger partial charge is 0.321 e. The van der Waals surface area contributed by atoms with Crippen molar-refractivity contribution in [1.82, 2.24) is 14.8 Å². The van der Waals surface area contributed by atoms with Gasteiger partial charge in [-0.2, -0.15) is 5.10 Å². The Labute approximate surface area is 151 Å². The Kier molecular flexibility index (Phi) is 4.72. The number of carbonyl (C=O) groups excluding carboxylic acids is 1.